The van der Waals surface area contributed by atoms with Gasteiger partial charge in [-0.2, -0.15) is 4.99 Å². The standard InChI is InChI=1S/C10H5BrN2S/c11-8-4-7-2-1-3-9(13-6-14)10(7)12-5-8/h1-5H. The van der Waals surface area contributed by atoms with Gasteiger partial charge in [-0.3, -0.25) is 4.98 Å². The lowest BCUT2D eigenvalue weighted by Gasteiger charge is -1.99. The Hall–Kier alpha value is -1.09. The van der Waals surface area contributed by atoms with Gasteiger partial charge in [-0.05, 0) is 40.3 Å². The summed E-state index contributed by atoms with van der Waals surface area (Å²) in [6.45, 7) is 0. The first-order valence-corrected chi connectivity index (χ1v) is 5.13. The second-order valence-corrected chi connectivity index (χ2v) is 3.80. The molecule has 0 aliphatic carbocycles. The van der Waals surface area contributed by atoms with E-state index >= 15 is 0 Å². The van der Waals surface area contributed by atoms with Gasteiger partial charge >= 0.3 is 0 Å². The van der Waals surface area contributed by atoms with Crippen LogP contribution in [0.2, 0.25) is 0 Å². The molecule has 0 radical (unpaired) electrons. The van der Waals surface area contributed by atoms with Gasteiger partial charge in [0, 0.05) is 16.1 Å². The van der Waals surface area contributed by atoms with Crippen molar-refractivity contribution in [2.45, 2.75) is 0 Å². The molecule has 0 saturated heterocycles. The Balaban J connectivity index is 2.81. The molecule has 2 rings (SSSR count). The quantitative estimate of drug-likeness (QED) is 0.579. The van der Waals surface area contributed by atoms with Crippen LogP contribution in [-0.4, -0.2) is 10.1 Å². The molecule has 1 aromatic heterocycles. The fourth-order valence-electron chi connectivity index (χ4n) is 1.26. The molecule has 0 spiro atoms. The maximum absolute atomic E-state index is 4.57. The van der Waals surface area contributed by atoms with Gasteiger partial charge in [0.2, 0.25) is 0 Å². The van der Waals surface area contributed by atoms with Crippen molar-refractivity contribution in [2.75, 3.05) is 0 Å². The molecule has 68 valence electrons. The molecule has 0 atom stereocenters. The van der Waals surface area contributed by atoms with E-state index in [1.807, 2.05) is 24.3 Å². The molecule has 1 heterocycles. The molecular formula is C10H5BrN2S. The lowest BCUT2D eigenvalue weighted by molar-refractivity contribution is 1.38. The van der Waals surface area contributed by atoms with Crippen LogP contribution in [0.1, 0.15) is 0 Å². The molecule has 0 bridgehead atoms. The van der Waals surface area contributed by atoms with Crippen molar-refractivity contribution in [1.82, 2.24) is 4.98 Å². The zero-order valence-electron chi connectivity index (χ0n) is 7.07. The Labute approximate surface area is 94.8 Å². The molecule has 2 aromatic rings. The van der Waals surface area contributed by atoms with Crippen molar-refractivity contribution in [1.29, 1.82) is 0 Å². The Bertz CT molecular complexity index is 533. The van der Waals surface area contributed by atoms with Crippen LogP contribution in [0, 0.1) is 0 Å². The summed E-state index contributed by atoms with van der Waals surface area (Å²) in [7, 11) is 0. The van der Waals surface area contributed by atoms with Crippen LogP contribution >= 0.6 is 28.1 Å². The van der Waals surface area contributed by atoms with Crippen molar-refractivity contribution in [3.8, 4) is 0 Å². The van der Waals surface area contributed by atoms with Crippen LogP contribution in [0.3, 0.4) is 0 Å². The molecule has 4 heteroatoms. The molecule has 0 aliphatic rings. The number of hydrogen-bond donors (Lipinski definition) is 0. The summed E-state index contributed by atoms with van der Waals surface area (Å²) in [5.74, 6) is 0. The van der Waals surface area contributed by atoms with E-state index in [1.54, 1.807) is 6.20 Å². The lowest BCUT2D eigenvalue weighted by Crippen LogP contribution is -1.78. The minimum Gasteiger partial charge on any atom is -0.253 e. The second kappa shape index (κ2) is 3.96. The number of aromatic nitrogens is 1. The molecule has 0 aliphatic heterocycles. The number of hydrogen-bond acceptors (Lipinski definition) is 3. The summed E-state index contributed by atoms with van der Waals surface area (Å²) in [5.41, 5.74) is 1.60. The zero-order valence-corrected chi connectivity index (χ0v) is 9.47. The predicted octanol–water partition coefficient (Wildman–Crippen LogP) is 3.73. The third kappa shape index (κ3) is 1.73. The molecule has 0 amide bonds. The lowest BCUT2D eigenvalue weighted by atomic mass is 10.2. The number of nitrogens with zero attached hydrogens (tertiary/aromatic N) is 2. The number of isothiocyanates is 1. The molecule has 0 unspecified atom stereocenters. The van der Waals surface area contributed by atoms with Crippen molar-refractivity contribution >= 4 is 49.9 Å². The highest BCUT2D eigenvalue weighted by atomic mass is 79.9. The van der Waals surface area contributed by atoms with Crippen LogP contribution < -0.4 is 0 Å². The molecule has 2 nitrogen and oxygen atoms in total. The molecule has 0 N–H and O–H groups in total. The van der Waals surface area contributed by atoms with E-state index in [4.69, 9.17) is 0 Å². The molecule has 0 saturated carbocycles. The van der Waals surface area contributed by atoms with Crippen molar-refractivity contribution in [2.24, 2.45) is 4.99 Å². The number of halogens is 1. The van der Waals surface area contributed by atoms with E-state index in [-0.39, 0.29) is 0 Å². The third-order valence-electron chi connectivity index (χ3n) is 1.82. The van der Waals surface area contributed by atoms with Crippen molar-refractivity contribution < 1.29 is 0 Å². The minimum atomic E-state index is 0.755. The van der Waals surface area contributed by atoms with Crippen LogP contribution in [0.15, 0.2) is 39.9 Å². The van der Waals surface area contributed by atoms with Crippen molar-refractivity contribution in [3.05, 3.63) is 34.9 Å². The second-order valence-electron chi connectivity index (χ2n) is 2.71. The number of rotatable bonds is 1. The van der Waals surface area contributed by atoms with Crippen LogP contribution in [-0.2, 0) is 0 Å². The number of pyridine rings is 1. The molecule has 14 heavy (non-hydrogen) atoms. The Morgan fingerprint density at radius 2 is 2.29 bits per heavy atom. The summed E-state index contributed by atoms with van der Waals surface area (Å²) < 4.78 is 0.952. The summed E-state index contributed by atoms with van der Waals surface area (Å²) in [6.07, 6.45) is 1.74. The number of aliphatic imine (C=N–C) groups is 1. The predicted molar refractivity (Wildman–Crippen MR) is 64.1 cm³/mol. The fraction of sp³-hybridized carbons (Fsp3) is 0. The van der Waals surface area contributed by atoms with Gasteiger partial charge in [0.15, 0.2) is 0 Å². The van der Waals surface area contributed by atoms with E-state index in [0.29, 0.717) is 0 Å². The van der Waals surface area contributed by atoms with Crippen molar-refractivity contribution in [3.63, 3.8) is 0 Å². The highest BCUT2D eigenvalue weighted by Crippen LogP contribution is 2.25. The largest absolute Gasteiger partial charge is 0.253 e. The van der Waals surface area contributed by atoms with E-state index < -0.39 is 0 Å². The Morgan fingerprint density at radius 1 is 1.43 bits per heavy atom. The highest BCUT2D eigenvalue weighted by Gasteiger charge is 2.00. The molecule has 1 aromatic carbocycles. The summed E-state index contributed by atoms with van der Waals surface area (Å²) in [4.78, 5) is 8.22. The first kappa shape index (κ1) is 9.46. The Kier molecular flexibility index (Phi) is 2.68. The number of thiocarbonyl (C=S) groups is 1. The molecule has 0 fully saturated rings. The van der Waals surface area contributed by atoms with E-state index in [0.717, 1.165) is 21.1 Å². The molecular weight excluding hydrogens is 260 g/mol. The van der Waals surface area contributed by atoms with E-state index in [9.17, 15) is 0 Å². The van der Waals surface area contributed by atoms with Gasteiger partial charge < -0.3 is 0 Å². The Morgan fingerprint density at radius 3 is 3.07 bits per heavy atom. The van der Waals surface area contributed by atoms with Crippen LogP contribution in [0.4, 0.5) is 5.69 Å². The zero-order chi connectivity index (χ0) is 9.97. The summed E-state index contributed by atoms with van der Waals surface area (Å²) in [5, 5.41) is 3.38. The number of benzene rings is 1. The average Bonchev–Trinajstić information content (AvgIpc) is 2.18. The fourth-order valence-corrected chi connectivity index (χ4v) is 1.70. The van der Waals surface area contributed by atoms with Gasteiger partial charge in [-0.15, -0.1) is 0 Å². The smallest absolute Gasteiger partial charge is 0.100 e. The average molecular weight is 265 g/mol. The summed E-state index contributed by atoms with van der Waals surface area (Å²) in [6, 6.07) is 7.75. The van der Waals surface area contributed by atoms with Gasteiger partial charge in [0.25, 0.3) is 0 Å². The van der Waals surface area contributed by atoms with E-state index in [2.05, 4.69) is 43.3 Å². The highest BCUT2D eigenvalue weighted by molar-refractivity contribution is 9.10. The van der Waals surface area contributed by atoms with E-state index in [1.165, 1.54) is 0 Å². The maximum Gasteiger partial charge on any atom is 0.100 e. The number of para-hydroxylation sites is 1. The normalized spacial score (nSPS) is 9.79. The minimum absolute atomic E-state index is 0.755. The van der Waals surface area contributed by atoms with Gasteiger partial charge in [0.05, 0.1) is 10.7 Å². The topological polar surface area (TPSA) is 25.2 Å². The summed E-state index contributed by atoms with van der Waals surface area (Å²) >= 11 is 7.94. The van der Waals surface area contributed by atoms with Gasteiger partial charge in [-0.25, -0.2) is 0 Å². The third-order valence-corrected chi connectivity index (χ3v) is 2.35. The van der Waals surface area contributed by atoms with Gasteiger partial charge in [-0.1, -0.05) is 12.1 Å². The maximum atomic E-state index is 4.57. The first-order valence-electron chi connectivity index (χ1n) is 3.93. The SMILES string of the molecule is S=C=Nc1cccc2cc(Br)cnc12. The monoisotopic (exact) mass is 264 g/mol. The first-order chi connectivity index (χ1) is 6.81. The number of fused-ring (bicyclic) bond motifs is 1. The van der Waals surface area contributed by atoms with Crippen LogP contribution in [0.5, 0.6) is 0 Å². The van der Waals surface area contributed by atoms with Crippen LogP contribution in [0.25, 0.3) is 10.9 Å². The van der Waals surface area contributed by atoms with Gasteiger partial charge in [0.1, 0.15) is 5.69 Å².